The summed E-state index contributed by atoms with van der Waals surface area (Å²) in [6.45, 7) is 3.42. The molecule has 2 saturated heterocycles. The quantitative estimate of drug-likeness (QED) is 0.871. The Morgan fingerprint density at radius 2 is 1.95 bits per heavy atom. The maximum absolute atomic E-state index is 12.4. The summed E-state index contributed by atoms with van der Waals surface area (Å²) in [5.41, 5.74) is 0.755. The lowest BCUT2D eigenvalue weighted by Gasteiger charge is -2.37. The third-order valence-corrected chi connectivity index (χ3v) is 5.61. The second-order valence-corrected chi connectivity index (χ2v) is 7.14. The Labute approximate surface area is 132 Å². The molecule has 3 heterocycles. The molecule has 1 aromatic rings. The molecule has 3 rings (SSSR count). The molecule has 2 amide bonds. The van der Waals surface area contributed by atoms with Crippen LogP contribution in [0, 0.1) is 0 Å². The van der Waals surface area contributed by atoms with Crippen molar-refractivity contribution in [1.29, 1.82) is 0 Å². The van der Waals surface area contributed by atoms with Crippen LogP contribution >= 0.6 is 23.1 Å². The summed E-state index contributed by atoms with van der Waals surface area (Å²) < 4.78 is 0. The van der Waals surface area contributed by atoms with Gasteiger partial charge in [0.2, 0.25) is 5.91 Å². The Kier molecular flexibility index (Phi) is 4.82. The van der Waals surface area contributed by atoms with Gasteiger partial charge in [-0.05, 0) is 11.4 Å². The topological polar surface area (TPSA) is 52.7 Å². The summed E-state index contributed by atoms with van der Waals surface area (Å²) in [7, 11) is 0. The van der Waals surface area contributed by atoms with Crippen LogP contribution in [0.5, 0.6) is 0 Å². The van der Waals surface area contributed by atoms with Gasteiger partial charge >= 0.3 is 0 Å². The van der Waals surface area contributed by atoms with Crippen LogP contribution in [-0.4, -0.2) is 71.9 Å². The van der Waals surface area contributed by atoms with Crippen molar-refractivity contribution >= 4 is 34.9 Å². The van der Waals surface area contributed by atoms with E-state index in [1.54, 1.807) is 0 Å². The second kappa shape index (κ2) is 6.81. The van der Waals surface area contributed by atoms with Gasteiger partial charge in [-0.25, -0.2) is 0 Å². The molecule has 7 heteroatoms. The summed E-state index contributed by atoms with van der Waals surface area (Å²) in [6.07, 6.45) is 0. The predicted molar refractivity (Wildman–Crippen MR) is 85.9 cm³/mol. The van der Waals surface area contributed by atoms with Gasteiger partial charge in [0.1, 0.15) is 0 Å². The fourth-order valence-electron chi connectivity index (χ4n) is 2.64. The van der Waals surface area contributed by atoms with E-state index in [1.165, 1.54) is 11.3 Å². The first-order valence-corrected chi connectivity index (χ1v) is 9.27. The minimum absolute atomic E-state index is 0.0529. The highest BCUT2D eigenvalue weighted by atomic mass is 32.2. The van der Waals surface area contributed by atoms with E-state index in [2.05, 4.69) is 5.32 Å². The van der Waals surface area contributed by atoms with Crippen molar-refractivity contribution in [3.63, 3.8) is 0 Å². The van der Waals surface area contributed by atoms with Crippen LogP contribution in [0.25, 0.3) is 0 Å². The molecule has 0 saturated carbocycles. The average Bonchev–Trinajstić information content (AvgIpc) is 3.09. The van der Waals surface area contributed by atoms with Crippen molar-refractivity contribution in [1.82, 2.24) is 15.1 Å². The summed E-state index contributed by atoms with van der Waals surface area (Å²) >= 11 is 3.36. The zero-order chi connectivity index (χ0) is 14.7. The van der Waals surface area contributed by atoms with Crippen LogP contribution in [0.1, 0.15) is 10.4 Å². The van der Waals surface area contributed by atoms with Crippen LogP contribution in [0.15, 0.2) is 16.8 Å². The van der Waals surface area contributed by atoms with Gasteiger partial charge in [-0.3, -0.25) is 9.59 Å². The van der Waals surface area contributed by atoms with Gasteiger partial charge in [-0.2, -0.15) is 23.1 Å². The number of carbonyl (C=O) groups is 2. The van der Waals surface area contributed by atoms with Gasteiger partial charge in [0.25, 0.3) is 5.91 Å². The van der Waals surface area contributed by atoms with E-state index in [-0.39, 0.29) is 17.9 Å². The van der Waals surface area contributed by atoms with Crippen molar-refractivity contribution in [3.8, 4) is 0 Å². The number of nitrogens with zero attached hydrogens (tertiary/aromatic N) is 2. The van der Waals surface area contributed by atoms with Crippen molar-refractivity contribution in [2.24, 2.45) is 0 Å². The van der Waals surface area contributed by atoms with Crippen LogP contribution in [-0.2, 0) is 4.79 Å². The zero-order valence-corrected chi connectivity index (χ0v) is 13.4. The highest BCUT2D eigenvalue weighted by Crippen LogP contribution is 2.14. The minimum Gasteiger partial charge on any atom is -0.338 e. The van der Waals surface area contributed by atoms with Gasteiger partial charge in [0.05, 0.1) is 11.6 Å². The molecule has 2 aliphatic rings. The Morgan fingerprint density at radius 3 is 2.57 bits per heavy atom. The molecule has 2 fully saturated rings. The number of amides is 2. The first kappa shape index (κ1) is 14.9. The molecule has 1 atom stereocenters. The number of thioether (sulfide) groups is 1. The maximum Gasteiger partial charge on any atom is 0.254 e. The van der Waals surface area contributed by atoms with E-state index in [9.17, 15) is 9.59 Å². The largest absolute Gasteiger partial charge is 0.338 e. The lowest BCUT2D eigenvalue weighted by Crippen LogP contribution is -2.56. The molecule has 5 nitrogen and oxygen atoms in total. The smallest absolute Gasteiger partial charge is 0.254 e. The van der Waals surface area contributed by atoms with Gasteiger partial charge < -0.3 is 15.1 Å². The Balaban J connectivity index is 1.52. The first-order chi connectivity index (χ1) is 10.3. The predicted octanol–water partition coefficient (Wildman–Crippen LogP) is 0.737. The SMILES string of the molecule is O=C(c1ccsc1)N1CCN(C(=O)C2CSCCN2)CC1. The normalized spacial score (nSPS) is 23.1. The molecule has 0 spiro atoms. The van der Waals surface area contributed by atoms with E-state index in [0.29, 0.717) is 26.2 Å². The minimum atomic E-state index is -0.0529. The van der Waals surface area contributed by atoms with Crippen molar-refractivity contribution < 1.29 is 9.59 Å². The van der Waals surface area contributed by atoms with Gasteiger partial charge in [0.15, 0.2) is 0 Å². The molecule has 0 aliphatic carbocycles. The molecule has 114 valence electrons. The highest BCUT2D eigenvalue weighted by Gasteiger charge is 2.30. The number of rotatable bonds is 2. The number of piperazine rings is 1. The monoisotopic (exact) mass is 325 g/mol. The fraction of sp³-hybridized carbons (Fsp3) is 0.571. The van der Waals surface area contributed by atoms with Crippen LogP contribution in [0.4, 0.5) is 0 Å². The standard InChI is InChI=1S/C14H19N3O2S2/c18-13(11-1-7-20-9-11)16-3-5-17(6-4-16)14(19)12-10-21-8-2-15-12/h1,7,9,12,15H,2-6,8,10H2. The summed E-state index contributed by atoms with van der Waals surface area (Å²) in [5, 5.41) is 7.08. The maximum atomic E-state index is 12.4. The Morgan fingerprint density at radius 1 is 1.19 bits per heavy atom. The molecule has 21 heavy (non-hydrogen) atoms. The molecule has 0 aromatic carbocycles. The Hall–Kier alpha value is -1.05. The van der Waals surface area contributed by atoms with Crippen LogP contribution in [0.3, 0.4) is 0 Å². The number of hydrogen-bond acceptors (Lipinski definition) is 5. The summed E-state index contributed by atoms with van der Waals surface area (Å²) in [4.78, 5) is 28.4. The Bertz CT molecular complexity index is 492. The first-order valence-electron chi connectivity index (χ1n) is 7.17. The number of hydrogen-bond donors (Lipinski definition) is 1. The number of carbonyl (C=O) groups excluding carboxylic acids is 2. The van der Waals surface area contributed by atoms with E-state index in [4.69, 9.17) is 0 Å². The zero-order valence-electron chi connectivity index (χ0n) is 11.8. The molecular weight excluding hydrogens is 306 g/mol. The molecule has 0 bridgehead atoms. The molecular formula is C14H19N3O2S2. The van der Waals surface area contributed by atoms with E-state index >= 15 is 0 Å². The summed E-state index contributed by atoms with van der Waals surface area (Å²) in [6, 6.07) is 1.80. The number of nitrogens with one attached hydrogen (secondary N) is 1. The van der Waals surface area contributed by atoms with E-state index in [1.807, 2.05) is 38.4 Å². The number of thiophene rings is 1. The molecule has 1 N–H and O–H groups in total. The van der Waals surface area contributed by atoms with Crippen LogP contribution < -0.4 is 5.32 Å². The van der Waals surface area contributed by atoms with E-state index in [0.717, 1.165) is 23.6 Å². The highest BCUT2D eigenvalue weighted by molar-refractivity contribution is 7.99. The van der Waals surface area contributed by atoms with Gasteiger partial charge in [0, 0.05) is 49.6 Å². The average molecular weight is 325 g/mol. The van der Waals surface area contributed by atoms with Crippen LogP contribution in [0.2, 0.25) is 0 Å². The third-order valence-electron chi connectivity index (χ3n) is 3.87. The van der Waals surface area contributed by atoms with Gasteiger partial charge in [-0.15, -0.1) is 0 Å². The lowest BCUT2D eigenvalue weighted by atomic mass is 10.2. The van der Waals surface area contributed by atoms with Crippen molar-refractivity contribution in [3.05, 3.63) is 22.4 Å². The summed E-state index contributed by atoms with van der Waals surface area (Å²) in [5.74, 6) is 2.19. The molecule has 1 aromatic heterocycles. The third kappa shape index (κ3) is 3.41. The lowest BCUT2D eigenvalue weighted by molar-refractivity contribution is -0.134. The molecule has 2 aliphatic heterocycles. The van der Waals surface area contributed by atoms with E-state index < -0.39 is 0 Å². The van der Waals surface area contributed by atoms with Crippen molar-refractivity contribution in [2.45, 2.75) is 6.04 Å². The molecule has 0 radical (unpaired) electrons. The fourth-order valence-corrected chi connectivity index (χ4v) is 4.20. The van der Waals surface area contributed by atoms with Gasteiger partial charge in [-0.1, -0.05) is 0 Å². The second-order valence-electron chi connectivity index (χ2n) is 5.21. The molecule has 1 unspecified atom stereocenters. The van der Waals surface area contributed by atoms with Crippen molar-refractivity contribution in [2.75, 3.05) is 44.2 Å².